The molecule has 2 aromatic rings. The molecule has 6 heteroatoms. The number of nitrogens with zero attached hydrogens (tertiary/aromatic N) is 3. The van der Waals surface area contributed by atoms with Crippen molar-refractivity contribution >= 4 is 18.1 Å². The first-order chi connectivity index (χ1) is 9.76. The number of hydrogen-bond acceptors (Lipinski definition) is 4. The molecule has 0 radical (unpaired) electrons. The molecule has 0 spiro atoms. The molecule has 1 atom stereocenters. The van der Waals surface area contributed by atoms with Crippen LogP contribution in [0, 0.1) is 0 Å². The van der Waals surface area contributed by atoms with E-state index < -0.39 is 0 Å². The summed E-state index contributed by atoms with van der Waals surface area (Å²) in [6.07, 6.45) is 4.17. The predicted octanol–water partition coefficient (Wildman–Crippen LogP) is 1.30. The molecule has 114 valence electrons. The summed E-state index contributed by atoms with van der Waals surface area (Å²) in [7, 11) is 2.01. The van der Waals surface area contributed by atoms with Crippen molar-refractivity contribution in [2.45, 2.75) is 25.4 Å². The standard InChI is InChI=1S/C15H20N4O.ClH/c1-16-12-5-4-7-18(10-12)11-13-9-15(20)19-8-3-2-6-14(19)17-13;/h2-3,6,8-9,12,16H,4-5,7,10-11H2,1H3;1H. The Morgan fingerprint density at radius 3 is 3.10 bits per heavy atom. The molecule has 0 aromatic carbocycles. The smallest absolute Gasteiger partial charge is 0.258 e. The van der Waals surface area contributed by atoms with E-state index in [4.69, 9.17) is 0 Å². The highest BCUT2D eigenvalue weighted by molar-refractivity contribution is 5.85. The third-order valence-electron chi connectivity index (χ3n) is 3.92. The summed E-state index contributed by atoms with van der Waals surface area (Å²) in [4.78, 5) is 19.0. The fraction of sp³-hybridized carbons (Fsp3) is 0.467. The van der Waals surface area contributed by atoms with Crippen LogP contribution in [0.2, 0.25) is 0 Å². The molecule has 0 amide bonds. The number of hydrogen-bond donors (Lipinski definition) is 1. The molecule has 0 aliphatic carbocycles. The number of pyridine rings is 1. The monoisotopic (exact) mass is 308 g/mol. The fourth-order valence-corrected chi connectivity index (χ4v) is 2.85. The number of likely N-dealkylation sites (N-methyl/N-ethyl adjacent to an activating group) is 1. The van der Waals surface area contributed by atoms with Gasteiger partial charge in [-0.05, 0) is 38.6 Å². The molecule has 2 aromatic heterocycles. The lowest BCUT2D eigenvalue weighted by molar-refractivity contribution is 0.186. The van der Waals surface area contributed by atoms with Gasteiger partial charge in [-0.15, -0.1) is 12.4 Å². The zero-order valence-corrected chi connectivity index (χ0v) is 13.0. The first-order valence-corrected chi connectivity index (χ1v) is 7.13. The molecule has 21 heavy (non-hydrogen) atoms. The maximum atomic E-state index is 12.1. The number of fused-ring (bicyclic) bond motifs is 1. The second-order valence-corrected chi connectivity index (χ2v) is 5.38. The van der Waals surface area contributed by atoms with Crippen molar-refractivity contribution in [1.82, 2.24) is 19.6 Å². The summed E-state index contributed by atoms with van der Waals surface area (Å²) in [5.41, 5.74) is 1.57. The minimum absolute atomic E-state index is 0. The van der Waals surface area contributed by atoms with Gasteiger partial charge < -0.3 is 5.32 Å². The van der Waals surface area contributed by atoms with Gasteiger partial charge in [-0.2, -0.15) is 0 Å². The van der Waals surface area contributed by atoms with Gasteiger partial charge >= 0.3 is 0 Å². The molecule has 0 bridgehead atoms. The minimum atomic E-state index is -0.00669. The van der Waals surface area contributed by atoms with Crippen molar-refractivity contribution in [2.24, 2.45) is 0 Å². The third kappa shape index (κ3) is 3.61. The number of likely N-dealkylation sites (tertiary alicyclic amines) is 1. The molecule has 1 fully saturated rings. The first kappa shape index (κ1) is 15.9. The van der Waals surface area contributed by atoms with Gasteiger partial charge in [0.15, 0.2) is 0 Å². The van der Waals surface area contributed by atoms with Gasteiger partial charge in [0.25, 0.3) is 5.56 Å². The van der Waals surface area contributed by atoms with Crippen molar-refractivity contribution < 1.29 is 0 Å². The van der Waals surface area contributed by atoms with Crippen LogP contribution in [-0.4, -0.2) is 40.5 Å². The molecule has 0 saturated carbocycles. The summed E-state index contributed by atoms with van der Waals surface area (Å²) >= 11 is 0. The van der Waals surface area contributed by atoms with Crippen LogP contribution in [0.1, 0.15) is 18.5 Å². The summed E-state index contributed by atoms with van der Waals surface area (Å²) in [5.74, 6) is 0. The molecular weight excluding hydrogens is 288 g/mol. The van der Waals surface area contributed by atoms with Crippen molar-refractivity contribution in [1.29, 1.82) is 0 Å². The lowest BCUT2D eigenvalue weighted by atomic mass is 10.1. The molecule has 3 rings (SSSR count). The largest absolute Gasteiger partial charge is 0.316 e. The van der Waals surface area contributed by atoms with Gasteiger partial charge in [-0.25, -0.2) is 4.98 Å². The van der Waals surface area contributed by atoms with Gasteiger partial charge in [0.05, 0.1) is 5.69 Å². The Morgan fingerprint density at radius 1 is 1.43 bits per heavy atom. The average molecular weight is 309 g/mol. The van der Waals surface area contributed by atoms with Crippen LogP contribution in [0.25, 0.3) is 5.65 Å². The third-order valence-corrected chi connectivity index (χ3v) is 3.92. The van der Waals surface area contributed by atoms with E-state index in [1.165, 1.54) is 12.8 Å². The van der Waals surface area contributed by atoms with E-state index in [9.17, 15) is 4.79 Å². The lowest BCUT2D eigenvalue weighted by Gasteiger charge is -2.32. The van der Waals surface area contributed by atoms with E-state index in [2.05, 4.69) is 15.2 Å². The van der Waals surface area contributed by atoms with Crippen LogP contribution in [-0.2, 0) is 6.54 Å². The normalized spacial score (nSPS) is 19.4. The second kappa shape index (κ2) is 7.02. The maximum Gasteiger partial charge on any atom is 0.258 e. The number of halogens is 1. The Kier molecular flexibility index (Phi) is 5.33. The number of rotatable bonds is 3. The molecule has 1 N–H and O–H groups in total. The highest BCUT2D eigenvalue weighted by atomic mass is 35.5. The Bertz CT molecular complexity index is 657. The Balaban J connectivity index is 0.00000161. The van der Waals surface area contributed by atoms with E-state index in [0.717, 1.165) is 31.0 Å². The minimum Gasteiger partial charge on any atom is -0.316 e. The van der Waals surface area contributed by atoms with Crippen molar-refractivity contribution in [3.63, 3.8) is 0 Å². The van der Waals surface area contributed by atoms with Gasteiger partial charge in [0.1, 0.15) is 5.65 Å². The SMILES string of the molecule is CNC1CCCN(Cc2cc(=O)n3ccccc3n2)C1.Cl. The van der Waals surface area contributed by atoms with Crippen LogP contribution >= 0.6 is 12.4 Å². The van der Waals surface area contributed by atoms with E-state index in [1.54, 1.807) is 16.7 Å². The van der Waals surface area contributed by atoms with E-state index in [0.29, 0.717) is 6.04 Å². The maximum absolute atomic E-state index is 12.1. The topological polar surface area (TPSA) is 49.6 Å². The Morgan fingerprint density at radius 2 is 2.29 bits per heavy atom. The van der Waals surface area contributed by atoms with Crippen molar-refractivity contribution in [3.8, 4) is 0 Å². The highest BCUT2D eigenvalue weighted by Gasteiger charge is 2.19. The lowest BCUT2D eigenvalue weighted by Crippen LogP contribution is -2.44. The van der Waals surface area contributed by atoms with Gasteiger partial charge in [0, 0.05) is 31.4 Å². The zero-order chi connectivity index (χ0) is 13.9. The first-order valence-electron chi connectivity index (χ1n) is 7.13. The van der Waals surface area contributed by atoms with Crippen LogP contribution in [0.3, 0.4) is 0 Å². The fourth-order valence-electron chi connectivity index (χ4n) is 2.85. The van der Waals surface area contributed by atoms with Crippen LogP contribution in [0.5, 0.6) is 0 Å². The molecule has 3 heterocycles. The quantitative estimate of drug-likeness (QED) is 0.928. The Hall–Kier alpha value is -1.43. The summed E-state index contributed by atoms with van der Waals surface area (Å²) in [6.45, 7) is 2.85. The molecule has 1 unspecified atom stereocenters. The highest BCUT2D eigenvalue weighted by Crippen LogP contribution is 2.12. The van der Waals surface area contributed by atoms with E-state index in [-0.39, 0.29) is 18.0 Å². The summed E-state index contributed by atoms with van der Waals surface area (Å²) in [5, 5.41) is 3.33. The Labute approximate surface area is 130 Å². The molecule has 1 aliphatic heterocycles. The zero-order valence-electron chi connectivity index (χ0n) is 12.2. The van der Waals surface area contributed by atoms with E-state index in [1.807, 2.05) is 25.2 Å². The number of piperidine rings is 1. The molecule has 1 aliphatic rings. The average Bonchev–Trinajstić information content (AvgIpc) is 2.47. The number of nitrogens with one attached hydrogen (secondary N) is 1. The van der Waals surface area contributed by atoms with Gasteiger partial charge in [-0.3, -0.25) is 14.1 Å². The second-order valence-electron chi connectivity index (χ2n) is 5.38. The molecule has 1 saturated heterocycles. The van der Waals surface area contributed by atoms with Gasteiger partial charge in [0.2, 0.25) is 0 Å². The van der Waals surface area contributed by atoms with E-state index >= 15 is 0 Å². The van der Waals surface area contributed by atoms with Crippen LogP contribution in [0.15, 0.2) is 35.3 Å². The summed E-state index contributed by atoms with van der Waals surface area (Å²) in [6, 6.07) is 7.82. The predicted molar refractivity (Wildman–Crippen MR) is 86.1 cm³/mol. The molecular formula is C15H21ClN4O. The summed E-state index contributed by atoms with van der Waals surface area (Å²) < 4.78 is 1.58. The van der Waals surface area contributed by atoms with Crippen LogP contribution in [0.4, 0.5) is 0 Å². The van der Waals surface area contributed by atoms with Crippen molar-refractivity contribution in [2.75, 3.05) is 20.1 Å². The van der Waals surface area contributed by atoms with Crippen molar-refractivity contribution in [3.05, 3.63) is 46.5 Å². The van der Waals surface area contributed by atoms with Crippen LogP contribution < -0.4 is 10.9 Å². The van der Waals surface area contributed by atoms with Gasteiger partial charge in [-0.1, -0.05) is 6.07 Å². The molecule has 5 nitrogen and oxygen atoms in total. The number of aromatic nitrogens is 2.